The average molecular weight is 182 g/mol. The Morgan fingerprint density at radius 1 is 1.69 bits per heavy atom. The molecule has 2 heterocycles. The molecule has 0 aromatic carbocycles. The summed E-state index contributed by atoms with van der Waals surface area (Å²) in [6, 6.07) is -0.212. The van der Waals surface area contributed by atoms with Gasteiger partial charge in [-0.05, 0) is 19.8 Å². The second-order valence-electron chi connectivity index (χ2n) is 3.58. The van der Waals surface area contributed by atoms with Crippen molar-refractivity contribution in [3.63, 3.8) is 0 Å². The molecule has 0 radical (unpaired) electrons. The summed E-state index contributed by atoms with van der Waals surface area (Å²) in [5, 5.41) is 2.76. The van der Waals surface area contributed by atoms with Crippen LogP contribution in [0, 0.1) is 0 Å². The molecular weight excluding hydrogens is 168 g/mol. The van der Waals surface area contributed by atoms with E-state index in [1.165, 1.54) is 0 Å². The van der Waals surface area contributed by atoms with E-state index in [4.69, 9.17) is 4.74 Å². The quantitative estimate of drug-likeness (QED) is 0.675. The highest BCUT2D eigenvalue weighted by Gasteiger charge is 2.25. The highest BCUT2D eigenvalue weighted by Crippen LogP contribution is 2.16. The molecule has 4 heteroatoms. The smallest absolute Gasteiger partial charge is 0.249 e. The number of aliphatic imine (C=N–C) groups is 1. The van der Waals surface area contributed by atoms with E-state index in [9.17, 15) is 4.79 Å². The first-order valence-corrected chi connectivity index (χ1v) is 4.75. The van der Waals surface area contributed by atoms with E-state index in [0.717, 1.165) is 31.7 Å². The van der Waals surface area contributed by atoms with Crippen molar-refractivity contribution in [2.45, 2.75) is 38.3 Å². The third-order valence-corrected chi connectivity index (χ3v) is 2.44. The summed E-state index contributed by atoms with van der Waals surface area (Å²) in [7, 11) is 0. The van der Waals surface area contributed by atoms with Crippen LogP contribution in [0.3, 0.4) is 0 Å². The maximum Gasteiger partial charge on any atom is 0.249 e. The van der Waals surface area contributed by atoms with E-state index in [2.05, 4.69) is 10.3 Å². The van der Waals surface area contributed by atoms with Crippen LogP contribution in [0.2, 0.25) is 0 Å². The zero-order valence-electron chi connectivity index (χ0n) is 7.75. The number of amides is 1. The summed E-state index contributed by atoms with van der Waals surface area (Å²) in [4.78, 5) is 15.3. The Hall–Kier alpha value is -0.900. The molecule has 4 nitrogen and oxygen atoms in total. The zero-order valence-corrected chi connectivity index (χ0v) is 7.75. The van der Waals surface area contributed by atoms with E-state index in [0.29, 0.717) is 0 Å². The van der Waals surface area contributed by atoms with E-state index in [1.807, 2.05) is 0 Å². The normalized spacial score (nSPS) is 33.3. The van der Waals surface area contributed by atoms with Gasteiger partial charge in [0.25, 0.3) is 0 Å². The predicted octanol–water partition coefficient (Wildman–Crippen LogP) is 0.472. The molecule has 1 N–H and O–H groups in total. The van der Waals surface area contributed by atoms with Gasteiger partial charge in [0.1, 0.15) is 11.9 Å². The number of rotatable bonds is 2. The summed E-state index contributed by atoms with van der Waals surface area (Å²) < 4.78 is 5.45. The van der Waals surface area contributed by atoms with E-state index < -0.39 is 0 Å². The maximum atomic E-state index is 11.1. The summed E-state index contributed by atoms with van der Waals surface area (Å²) in [6.07, 6.45) is 3.24. The largest absolute Gasteiger partial charge is 0.378 e. The lowest BCUT2D eigenvalue weighted by molar-refractivity contribution is -0.119. The Morgan fingerprint density at radius 3 is 3.08 bits per heavy atom. The minimum Gasteiger partial charge on any atom is -0.378 e. The van der Waals surface area contributed by atoms with Gasteiger partial charge in [-0.3, -0.25) is 9.79 Å². The van der Waals surface area contributed by atoms with Crippen LogP contribution in [-0.2, 0) is 9.53 Å². The molecule has 72 valence electrons. The Labute approximate surface area is 77.4 Å². The van der Waals surface area contributed by atoms with E-state index in [1.54, 1.807) is 6.92 Å². The summed E-state index contributed by atoms with van der Waals surface area (Å²) in [6.45, 7) is 2.65. The first kappa shape index (κ1) is 8.69. The van der Waals surface area contributed by atoms with Gasteiger partial charge in [0.05, 0.1) is 6.10 Å². The number of nitrogens with one attached hydrogen (secondary N) is 1. The van der Waals surface area contributed by atoms with Crippen molar-refractivity contribution in [1.82, 2.24) is 5.32 Å². The fourth-order valence-corrected chi connectivity index (χ4v) is 1.70. The molecule has 0 aromatic rings. The van der Waals surface area contributed by atoms with Gasteiger partial charge in [-0.15, -0.1) is 0 Å². The number of hydrogen-bond donors (Lipinski definition) is 1. The third kappa shape index (κ3) is 1.88. The molecule has 0 bridgehead atoms. The molecule has 1 saturated heterocycles. The van der Waals surface area contributed by atoms with Crippen LogP contribution < -0.4 is 5.32 Å². The number of ether oxygens (including phenoxy) is 1. The van der Waals surface area contributed by atoms with Crippen LogP contribution in [0.4, 0.5) is 0 Å². The topological polar surface area (TPSA) is 50.7 Å². The minimum atomic E-state index is -0.212. The molecule has 2 unspecified atom stereocenters. The highest BCUT2D eigenvalue weighted by atomic mass is 16.5. The van der Waals surface area contributed by atoms with E-state index >= 15 is 0 Å². The summed E-state index contributed by atoms with van der Waals surface area (Å²) >= 11 is 0. The van der Waals surface area contributed by atoms with Crippen LogP contribution in [0.15, 0.2) is 4.99 Å². The van der Waals surface area contributed by atoms with Crippen molar-refractivity contribution < 1.29 is 9.53 Å². The third-order valence-electron chi connectivity index (χ3n) is 2.44. The molecular formula is C9H14N2O2. The van der Waals surface area contributed by atoms with Crippen molar-refractivity contribution in [3.8, 4) is 0 Å². The number of nitrogens with zero attached hydrogens (tertiary/aromatic N) is 1. The molecule has 0 aromatic heterocycles. The van der Waals surface area contributed by atoms with Gasteiger partial charge < -0.3 is 10.1 Å². The lowest BCUT2D eigenvalue weighted by atomic mass is 10.2. The van der Waals surface area contributed by atoms with Crippen LogP contribution in [0.5, 0.6) is 0 Å². The molecule has 0 spiro atoms. The fourth-order valence-electron chi connectivity index (χ4n) is 1.70. The first-order chi connectivity index (χ1) is 6.25. The Morgan fingerprint density at radius 2 is 2.54 bits per heavy atom. The van der Waals surface area contributed by atoms with Crippen molar-refractivity contribution in [3.05, 3.63) is 0 Å². The maximum absolute atomic E-state index is 11.1. The number of carbonyl (C=O) groups excluding carboxylic acids is 1. The molecule has 2 aliphatic heterocycles. The van der Waals surface area contributed by atoms with Gasteiger partial charge >= 0.3 is 0 Å². The van der Waals surface area contributed by atoms with Gasteiger partial charge in [0.15, 0.2) is 0 Å². The van der Waals surface area contributed by atoms with Gasteiger partial charge in [-0.2, -0.15) is 0 Å². The Bertz CT molecular complexity index is 244. The number of carbonyl (C=O) groups is 1. The Balaban J connectivity index is 1.88. The second-order valence-corrected chi connectivity index (χ2v) is 3.58. The lowest BCUT2D eigenvalue weighted by Gasteiger charge is -2.07. The molecule has 0 saturated carbocycles. The van der Waals surface area contributed by atoms with Crippen LogP contribution in [-0.4, -0.2) is 30.5 Å². The minimum absolute atomic E-state index is 0.00740. The fraction of sp³-hybridized carbons (Fsp3) is 0.778. The monoisotopic (exact) mass is 182 g/mol. The van der Waals surface area contributed by atoms with Gasteiger partial charge in [0.2, 0.25) is 5.91 Å². The van der Waals surface area contributed by atoms with Crippen molar-refractivity contribution in [1.29, 1.82) is 0 Å². The SMILES string of the molecule is CC1N=C(CC2CCCO2)NC1=O. The van der Waals surface area contributed by atoms with Gasteiger partial charge in [-0.1, -0.05) is 0 Å². The predicted molar refractivity (Wildman–Crippen MR) is 48.6 cm³/mol. The highest BCUT2D eigenvalue weighted by molar-refractivity contribution is 6.05. The molecule has 2 aliphatic rings. The molecule has 2 rings (SSSR count). The molecule has 13 heavy (non-hydrogen) atoms. The number of hydrogen-bond acceptors (Lipinski definition) is 3. The molecule has 0 aliphatic carbocycles. The van der Waals surface area contributed by atoms with Gasteiger partial charge in [-0.25, -0.2) is 0 Å². The number of amidine groups is 1. The molecule has 1 fully saturated rings. The lowest BCUT2D eigenvalue weighted by Crippen LogP contribution is -2.29. The zero-order chi connectivity index (χ0) is 9.26. The van der Waals surface area contributed by atoms with Crippen molar-refractivity contribution in [2.75, 3.05) is 6.61 Å². The van der Waals surface area contributed by atoms with Gasteiger partial charge in [0, 0.05) is 13.0 Å². The second kappa shape index (κ2) is 3.46. The van der Waals surface area contributed by atoms with E-state index in [-0.39, 0.29) is 18.1 Å². The summed E-state index contributed by atoms with van der Waals surface area (Å²) in [5.74, 6) is 0.803. The van der Waals surface area contributed by atoms with Crippen molar-refractivity contribution in [2.24, 2.45) is 4.99 Å². The van der Waals surface area contributed by atoms with Crippen LogP contribution in [0.1, 0.15) is 26.2 Å². The molecule has 1 amide bonds. The Kier molecular flexibility index (Phi) is 2.31. The summed E-state index contributed by atoms with van der Waals surface area (Å²) in [5.41, 5.74) is 0. The average Bonchev–Trinajstić information content (AvgIpc) is 2.64. The van der Waals surface area contributed by atoms with Crippen LogP contribution in [0.25, 0.3) is 0 Å². The standard InChI is InChI=1S/C9H14N2O2/c1-6-9(12)11-8(10-6)5-7-3-2-4-13-7/h6-7H,2-5H2,1H3,(H,10,11,12). The van der Waals surface area contributed by atoms with Crippen LogP contribution >= 0.6 is 0 Å². The molecule has 2 atom stereocenters. The first-order valence-electron chi connectivity index (χ1n) is 4.75. The van der Waals surface area contributed by atoms with Crippen molar-refractivity contribution >= 4 is 11.7 Å².